The average molecular weight is 418 g/mol. The van der Waals surface area contributed by atoms with E-state index in [0.717, 1.165) is 5.56 Å². The van der Waals surface area contributed by atoms with Gasteiger partial charge >= 0.3 is 0 Å². The lowest BCUT2D eigenvalue weighted by Crippen LogP contribution is -2.47. The molecule has 0 unspecified atom stereocenters. The fourth-order valence-corrected chi connectivity index (χ4v) is 3.27. The lowest BCUT2D eigenvalue weighted by Gasteiger charge is -2.20. The van der Waals surface area contributed by atoms with Crippen molar-refractivity contribution in [3.63, 3.8) is 0 Å². The first-order chi connectivity index (χ1) is 13.3. The molecule has 28 heavy (non-hydrogen) atoms. The summed E-state index contributed by atoms with van der Waals surface area (Å²) in [5.74, 6) is -0.614. The van der Waals surface area contributed by atoms with E-state index in [1.165, 1.54) is 0 Å². The summed E-state index contributed by atoms with van der Waals surface area (Å²) in [6.07, 6.45) is 0.453. The van der Waals surface area contributed by atoms with Crippen LogP contribution in [0.15, 0.2) is 42.5 Å². The number of carbonyl (C=O) groups is 2. The zero-order valence-corrected chi connectivity index (χ0v) is 17.1. The van der Waals surface area contributed by atoms with E-state index in [9.17, 15) is 9.59 Å². The van der Waals surface area contributed by atoms with Gasteiger partial charge in [-0.15, -0.1) is 0 Å². The molecule has 2 N–H and O–H groups in total. The maximum atomic E-state index is 12.6. The molecule has 146 valence electrons. The van der Waals surface area contributed by atoms with Crippen molar-refractivity contribution >= 4 is 35.0 Å². The van der Waals surface area contributed by atoms with Gasteiger partial charge in [0.15, 0.2) is 0 Å². The van der Waals surface area contributed by atoms with Gasteiger partial charge < -0.3 is 10.6 Å². The topological polar surface area (TPSA) is 82.0 Å². The van der Waals surface area contributed by atoms with E-state index >= 15 is 0 Å². The first kappa shape index (κ1) is 21.7. The zero-order valence-electron chi connectivity index (χ0n) is 15.6. The highest BCUT2D eigenvalue weighted by molar-refractivity contribution is 6.36. The molecule has 0 spiro atoms. The molecule has 0 radical (unpaired) electrons. The summed E-state index contributed by atoms with van der Waals surface area (Å²) < 4.78 is 0. The number of nitriles is 1. The number of rotatable bonds is 7. The van der Waals surface area contributed by atoms with Crippen molar-refractivity contribution in [2.24, 2.45) is 5.92 Å². The number of amides is 2. The van der Waals surface area contributed by atoms with Crippen LogP contribution in [0.3, 0.4) is 0 Å². The molecule has 0 aliphatic rings. The number of halogens is 2. The second-order valence-corrected chi connectivity index (χ2v) is 7.52. The molecule has 1 atom stereocenters. The van der Waals surface area contributed by atoms with Gasteiger partial charge in [-0.2, -0.15) is 5.26 Å². The van der Waals surface area contributed by atoms with Crippen molar-refractivity contribution in [2.75, 3.05) is 6.54 Å². The van der Waals surface area contributed by atoms with Gasteiger partial charge in [0.05, 0.1) is 6.07 Å². The third-order valence-corrected chi connectivity index (χ3v) is 4.71. The Hall–Kier alpha value is -2.55. The van der Waals surface area contributed by atoms with E-state index in [2.05, 4.69) is 10.6 Å². The third kappa shape index (κ3) is 5.72. The molecule has 5 nitrogen and oxygen atoms in total. The molecule has 0 aliphatic carbocycles. The molecule has 0 fully saturated rings. The molecule has 0 aromatic heterocycles. The number of benzene rings is 2. The Morgan fingerprint density at radius 3 is 2.36 bits per heavy atom. The van der Waals surface area contributed by atoms with Crippen molar-refractivity contribution in [2.45, 2.75) is 26.3 Å². The van der Waals surface area contributed by atoms with Crippen LogP contribution in [0.1, 0.15) is 30.6 Å². The Labute approximate surface area is 174 Å². The second-order valence-electron chi connectivity index (χ2n) is 6.71. The Morgan fingerprint density at radius 1 is 1.07 bits per heavy atom. The maximum Gasteiger partial charge on any atom is 0.251 e. The minimum absolute atomic E-state index is 0.109. The summed E-state index contributed by atoms with van der Waals surface area (Å²) in [4.78, 5) is 24.9. The van der Waals surface area contributed by atoms with Crippen molar-refractivity contribution in [3.8, 4) is 17.2 Å². The Bertz CT molecular complexity index is 907. The summed E-state index contributed by atoms with van der Waals surface area (Å²) in [5.41, 5.74) is 1.83. The predicted octanol–water partition coefficient (Wildman–Crippen LogP) is 4.44. The lowest BCUT2D eigenvalue weighted by atomic mass is 10.0. The normalized spacial score (nSPS) is 11.6. The van der Waals surface area contributed by atoms with E-state index < -0.39 is 11.9 Å². The molecule has 2 aromatic rings. The molecule has 2 aromatic carbocycles. The van der Waals surface area contributed by atoms with Crippen LogP contribution in [0.5, 0.6) is 0 Å². The monoisotopic (exact) mass is 417 g/mol. The highest BCUT2D eigenvalue weighted by Gasteiger charge is 2.22. The molecule has 0 aliphatic heterocycles. The smallest absolute Gasteiger partial charge is 0.251 e. The molecule has 0 saturated carbocycles. The van der Waals surface area contributed by atoms with Crippen LogP contribution < -0.4 is 10.6 Å². The first-order valence-electron chi connectivity index (χ1n) is 8.83. The van der Waals surface area contributed by atoms with Gasteiger partial charge in [-0.05, 0) is 30.5 Å². The first-order valence-corrected chi connectivity index (χ1v) is 9.59. The number of hydrogen-bond donors (Lipinski definition) is 2. The molecular formula is C21H21Cl2N3O2. The predicted molar refractivity (Wildman–Crippen MR) is 111 cm³/mol. The van der Waals surface area contributed by atoms with E-state index in [4.69, 9.17) is 28.5 Å². The van der Waals surface area contributed by atoms with Crippen LogP contribution in [0.25, 0.3) is 11.1 Å². The standard InChI is InChI=1S/C21H21Cl2N3O2/c1-13(2)11-19(21(28)25-10-9-24)26-20(27)14-7-8-16(18(23)12-14)15-5-3-4-6-17(15)22/h3-8,12-13,19H,10-11H2,1-2H3,(H,25,28)(H,26,27)/t19-/m0/s1. The summed E-state index contributed by atoms with van der Waals surface area (Å²) in [7, 11) is 0. The summed E-state index contributed by atoms with van der Waals surface area (Å²) >= 11 is 12.6. The summed E-state index contributed by atoms with van der Waals surface area (Å²) in [6, 6.07) is 13.3. The van der Waals surface area contributed by atoms with Gasteiger partial charge in [-0.3, -0.25) is 9.59 Å². The molecule has 0 heterocycles. The summed E-state index contributed by atoms with van der Waals surface area (Å²) in [5, 5.41) is 14.8. The molecule has 7 heteroatoms. The number of carbonyl (C=O) groups excluding carboxylic acids is 2. The second kappa shape index (κ2) is 10.1. The summed E-state index contributed by atoms with van der Waals surface area (Å²) in [6.45, 7) is 3.79. The van der Waals surface area contributed by atoms with Gasteiger partial charge in [0.2, 0.25) is 5.91 Å². The van der Waals surface area contributed by atoms with Gasteiger partial charge in [0.25, 0.3) is 5.91 Å². The third-order valence-electron chi connectivity index (χ3n) is 4.07. The van der Waals surface area contributed by atoms with Crippen molar-refractivity contribution < 1.29 is 9.59 Å². The van der Waals surface area contributed by atoms with Gasteiger partial charge in [-0.1, -0.05) is 61.3 Å². The molecule has 2 amide bonds. The van der Waals surface area contributed by atoms with Crippen LogP contribution in [0, 0.1) is 17.2 Å². The van der Waals surface area contributed by atoms with E-state index in [-0.39, 0.29) is 18.4 Å². The van der Waals surface area contributed by atoms with E-state index in [1.807, 2.05) is 38.1 Å². The van der Waals surface area contributed by atoms with Crippen LogP contribution in [-0.4, -0.2) is 24.4 Å². The fourth-order valence-electron chi connectivity index (χ4n) is 2.75. The Balaban J connectivity index is 2.20. The largest absolute Gasteiger partial charge is 0.341 e. The van der Waals surface area contributed by atoms with Crippen LogP contribution in [-0.2, 0) is 4.79 Å². The SMILES string of the molecule is CC(C)C[C@H](NC(=O)c1ccc(-c2ccccc2Cl)c(Cl)c1)C(=O)NCC#N. The Kier molecular flexibility index (Phi) is 7.86. The molecule has 2 rings (SSSR count). The van der Waals surface area contributed by atoms with Gasteiger partial charge in [0, 0.05) is 26.7 Å². The number of nitrogens with one attached hydrogen (secondary N) is 2. The fraction of sp³-hybridized carbons (Fsp3) is 0.286. The van der Waals surface area contributed by atoms with Crippen molar-refractivity contribution in [1.29, 1.82) is 5.26 Å². The minimum atomic E-state index is -0.733. The van der Waals surface area contributed by atoms with Crippen molar-refractivity contribution in [1.82, 2.24) is 10.6 Å². The maximum absolute atomic E-state index is 12.6. The Morgan fingerprint density at radius 2 is 1.75 bits per heavy atom. The highest BCUT2D eigenvalue weighted by atomic mass is 35.5. The molecular weight excluding hydrogens is 397 g/mol. The van der Waals surface area contributed by atoms with Crippen LogP contribution in [0.2, 0.25) is 10.0 Å². The molecule has 0 saturated heterocycles. The van der Waals surface area contributed by atoms with Crippen molar-refractivity contribution in [3.05, 3.63) is 58.1 Å². The zero-order chi connectivity index (χ0) is 20.7. The lowest BCUT2D eigenvalue weighted by molar-refractivity contribution is -0.123. The highest BCUT2D eigenvalue weighted by Crippen LogP contribution is 2.33. The number of hydrogen-bond acceptors (Lipinski definition) is 3. The quantitative estimate of drug-likeness (QED) is 0.652. The van der Waals surface area contributed by atoms with E-state index in [1.54, 1.807) is 24.3 Å². The van der Waals surface area contributed by atoms with E-state index in [0.29, 0.717) is 27.6 Å². The average Bonchev–Trinajstić information content (AvgIpc) is 2.65. The van der Waals surface area contributed by atoms with Crippen LogP contribution >= 0.6 is 23.2 Å². The van der Waals surface area contributed by atoms with Gasteiger partial charge in [-0.25, -0.2) is 0 Å². The number of nitrogens with zero attached hydrogens (tertiary/aromatic N) is 1. The van der Waals surface area contributed by atoms with Gasteiger partial charge in [0.1, 0.15) is 12.6 Å². The minimum Gasteiger partial charge on any atom is -0.341 e. The van der Waals surface area contributed by atoms with Crippen LogP contribution in [0.4, 0.5) is 0 Å². The molecule has 0 bridgehead atoms.